The lowest BCUT2D eigenvalue weighted by Gasteiger charge is -2.15. The maximum atomic E-state index is 13.5. The Labute approximate surface area is 127 Å². The molecule has 4 heteroatoms. The number of nitrogens with two attached hydrogens (primary N) is 1. The second kappa shape index (κ2) is 5.80. The van der Waals surface area contributed by atoms with Crippen LogP contribution in [0.5, 0.6) is 0 Å². The van der Waals surface area contributed by atoms with Gasteiger partial charge in [-0.1, -0.05) is 41.9 Å². The summed E-state index contributed by atoms with van der Waals surface area (Å²) in [4.78, 5) is 4.32. The highest BCUT2D eigenvalue weighted by Crippen LogP contribution is 2.27. The van der Waals surface area contributed by atoms with Crippen molar-refractivity contribution in [2.75, 3.05) is 0 Å². The Morgan fingerprint density at radius 2 is 1.90 bits per heavy atom. The van der Waals surface area contributed by atoms with E-state index in [4.69, 9.17) is 17.3 Å². The third-order valence-electron chi connectivity index (χ3n) is 3.55. The van der Waals surface area contributed by atoms with Gasteiger partial charge in [0.2, 0.25) is 0 Å². The van der Waals surface area contributed by atoms with Crippen LogP contribution in [0.4, 0.5) is 4.39 Å². The minimum Gasteiger partial charge on any atom is -0.324 e. The van der Waals surface area contributed by atoms with Gasteiger partial charge in [0, 0.05) is 17.6 Å². The number of aromatic nitrogens is 1. The van der Waals surface area contributed by atoms with E-state index >= 15 is 0 Å². The predicted molar refractivity (Wildman–Crippen MR) is 83.8 cm³/mol. The number of rotatable bonds is 3. The van der Waals surface area contributed by atoms with Crippen LogP contribution in [0.1, 0.15) is 17.2 Å². The molecule has 1 aromatic heterocycles. The quantitative estimate of drug-likeness (QED) is 0.784. The summed E-state index contributed by atoms with van der Waals surface area (Å²) in [6, 6.07) is 14.2. The summed E-state index contributed by atoms with van der Waals surface area (Å²) < 4.78 is 13.5. The monoisotopic (exact) mass is 300 g/mol. The first kappa shape index (κ1) is 14.0. The summed E-state index contributed by atoms with van der Waals surface area (Å²) in [7, 11) is 0. The molecule has 1 atom stereocenters. The maximum absolute atomic E-state index is 13.5. The van der Waals surface area contributed by atoms with Crippen molar-refractivity contribution in [3.05, 3.63) is 76.7 Å². The standard InChI is InChI=1S/C17H14ClFN2/c18-17-11(4-1-7-14(17)19)10-15(20)12-5-2-8-16-13(12)6-3-9-21-16/h1-9,15H,10,20H2. The van der Waals surface area contributed by atoms with Gasteiger partial charge in [0.05, 0.1) is 10.5 Å². The van der Waals surface area contributed by atoms with E-state index in [-0.39, 0.29) is 11.1 Å². The van der Waals surface area contributed by atoms with Gasteiger partial charge in [0.15, 0.2) is 0 Å². The molecule has 21 heavy (non-hydrogen) atoms. The molecule has 2 nitrogen and oxygen atoms in total. The van der Waals surface area contributed by atoms with Crippen molar-refractivity contribution in [3.8, 4) is 0 Å². The Morgan fingerprint density at radius 1 is 1.10 bits per heavy atom. The molecule has 0 fully saturated rings. The van der Waals surface area contributed by atoms with Crippen molar-refractivity contribution >= 4 is 22.5 Å². The van der Waals surface area contributed by atoms with Gasteiger partial charge < -0.3 is 5.73 Å². The maximum Gasteiger partial charge on any atom is 0.142 e. The molecule has 2 N–H and O–H groups in total. The van der Waals surface area contributed by atoms with Crippen LogP contribution in [0, 0.1) is 5.82 Å². The van der Waals surface area contributed by atoms with Gasteiger partial charge in [0.25, 0.3) is 0 Å². The average Bonchev–Trinajstić information content (AvgIpc) is 2.51. The van der Waals surface area contributed by atoms with Crippen LogP contribution in [-0.4, -0.2) is 4.98 Å². The molecule has 0 saturated heterocycles. The van der Waals surface area contributed by atoms with Crippen molar-refractivity contribution in [2.45, 2.75) is 12.5 Å². The highest BCUT2D eigenvalue weighted by molar-refractivity contribution is 6.31. The number of nitrogens with zero attached hydrogens (tertiary/aromatic N) is 1. The lowest BCUT2D eigenvalue weighted by molar-refractivity contribution is 0.622. The first-order valence-corrected chi connectivity index (χ1v) is 7.06. The second-order valence-corrected chi connectivity index (χ2v) is 5.32. The Kier molecular flexibility index (Phi) is 3.86. The second-order valence-electron chi connectivity index (χ2n) is 4.94. The topological polar surface area (TPSA) is 38.9 Å². The van der Waals surface area contributed by atoms with Gasteiger partial charge >= 0.3 is 0 Å². The normalized spacial score (nSPS) is 12.5. The summed E-state index contributed by atoms with van der Waals surface area (Å²) in [5.74, 6) is -0.416. The number of halogens is 2. The summed E-state index contributed by atoms with van der Waals surface area (Å²) in [5.41, 5.74) is 8.90. The number of hydrogen-bond donors (Lipinski definition) is 1. The van der Waals surface area contributed by atoms with E-state index in [9.17, 15) is 4.39 Å². The van der Waals surface area contributed by atoms with Crippen LogP contribution in [0.3, 0.4) is 0 Å². The van der Waals surface area contributed by atoms with E-state index in [0.717, 1.165) is 16.5 Å². The van der Waals surface area contributed by atoms with Gasteiger partial charge in [-0.05, 0) is 35.7 Å². The van der Waals surface area contributed by atoms with Crippen LogP contribution in [-0.2, 0) is 6.42 Å². The minimum atomic E-state index is -0.416. The molecule has 3 rings (SSSR count). The minimum absolute atomic E-state index is 0.145. The van der Waals surface area contributed by atoms with E-state index < -0.39 is 5.82 Å². The smallest absolute Gasteiger partial charge is 0.142 e. The van der Waals surface area contributed by atoms with Gasteiger partial charge in [-0.3, -0.25) is 4.98 Å². The van der Waals surface area contributed by atoms with Crippen LogP contribution in [0.2, 0.25) is 5.02 Å². The molecule has 0 aliphatic carbocycles. The number of hydrogen-bond acceptors (Lipinski definition) is 2. The zero-order chi connectivity index (χ0) is 14.8. The molecule has 0 saturated carbocycles. The SMILES string of the molecule is NC(Cc1cccc(F)c1Cl)c1cccc2ncccc12. The van der Waals surface area contributed by atoms with Gasteiger partial charge in [0.1, 0.15) is 5.82 Å². The van der Waals surface area contributed by atoms with Gasteiger partial charge in [-0.15, -0.1) is 0 Å². The Morgan fingerprint density at radius 3 is 2.76 bits per heavy atom. The van der Waals surface area contributed by atoms with Gasteiger partial charge in [-0.2, -0.15) is 0 Å². The van der Waals surface area contributed by atoms with Crippen LogP contribution in [0.25, 0.3) is 10.9 Å². The largest absolute Gasteiger partial charge is 0.324 e. The molecule has 0 aliphatic rings. The summed E-state index contributed by atoms with van der Waals surface area (Å²) in [5, 5.41) is 1.16. The summed E-state index contributed by atoms with van der Waals surface area (Å²) >= 11 is 6.00. The zero-order valence-electron chi connectivity index (χ0n) is 11.3. The van der Waals surface area contributed by atoms with E-state index in [2.05, 4.69) is 4.98 Å². The molecule has 0 radical (unpaired) electrons. The molecular formula is C17H14ClFN2. The third kappa shape index (κ3) is 2.75. The lowest BCUT2D eigenvalue weighted by atomic mass is 9.96. The Bertz CT molecular complexity index is 783. The van der Waals surface area contributed by atoms with E-state index in [1.54, 1.807) is 18.3 Å². The van der Waals surface area contributed by atoms with E-state index in [0.29, 0.717) is 12.0 Å². The Balaban J connectivity index is 1.97. The molecule has 0 spiro atoms. The lowest BCUT2D eigenvalue weighted by Crippen LogP contribution is -2.14. The summed E-state index contributed by atoms with van der Waals surface area (Å²) in [6.45, 7) is 0. The molecule has 0 amide bonds. The van der Waals surface area contributed by atoms with Crippen LogP contribution < -0.4 is 5.73 Å². The van der Waals surface area contributed by atoms with Crippen LogP contribution in [0.15, 0.2) is 54.7 Å². The predicted octanol–water partition coefficient (Wildman–Crippen LogP) is 4.27. The number of fused-ring (bicyclic) bond motifs is 1. The zero-order valence-corrected chi connectivity index (χ0v) is 12.0. The van der Waals surface area contributed by atoms with Crippen molar-refractivity contribution in [2.24, 2.45) is 5.73 Å². The van der Waals surface area contributed by atoms with Crippen molar-refractivity contribution < 1.29 is 4.39 Å². The molecule has 106 valence electrons. The van der Waals surface area contributed by atoms with Crippen molar-refractivity contribution in [1.82, 2.24) is 4.98 Å². The van der Waals surface area contributed by atoms with E-state index in [1.165, 1.54) is 6.07 Å². The molecule has 3 aromatic rings. The number of benzene rings is 2. The molecule has 1 heterocycles. The fourth-order valence-corrected chi connectivity index (χ4v) is 2.71. The van der Waals surface area contributed by atoms with Crippen LogP contribution >= 0.6 is 11.6 Å². The third-order valence-corrected chi connectivity index (χ3v) is 3.97. The van der Waals surface area contributed by atoms with Gasteiger partial charge in [-0.25, -0.2) is 4.39 Å². The van der Waals surface area contributed by atoms with Crippen molar-refractivity contribution in [1.29, 1.82) is 0 Å². The van der Waals surface area contributed by atoms with E-state index in [1.807, 2.05) is 30.3 Å². The number of pyridine rings is 1. The Hall–Kier alpha value is -1.97. The summed E-state index contributed by atoms with van der Waals surface area (Å²) in [6.07, 6.45) is 2.23. The highest BCUT2D eigenvalue weighted by atomic mass is 35.5. The first-order valence-electron chi connectivity index (χ1n) is 6.69. The molecule has 0 bridgehead atoms. The first-order chi connectivity index (χ1) is 10.2. The molecule has 0 aliphatic heterocycles. The molecular weight excluding hydrogens is 287 g/mol. The fourth-order valence-electron chi connectivity index (χ4n) is 2.50. The fraction of sp³-hybridized carbons (Fsp3) is 0.118. The highest BCUT2D eigenvalue weighted by Gasteiger charge is 2.14. The van der Waals surface area contributed by atoms with Crippen molar-refractivity contribution in [3.63, 3.8) is 0 Å². The average molecular weight is 301 g/mol. The molecule has 1 unspecified atom stereocenters. The molecule has 2 aromatic carbocycles.